The van der Waals surface area contributed by atoms with E-state index >= 15 is 0 Å². The molecule has 0 bridgehead atoms. The van der Waals surface area contributed by atoms with Gasteiger partial charge in [-0.3, -0.25) is 4.79 Å². The van der Waals surface area contributed by atoms with E-state index in [0.717, 1.165) is 4.31 Å². The second-order valence-electron chi connectivity index (χ2n) is 7.11. The largest absolute Gasteiger partial charge is 0.480 e. The van der Waals surface area contributed by atoms with Gasteiger partial charge in [-0.2, -0.15) is 4.31 Å². The molecule has 0 saturated carbocycles. The molecule has 1 saturated heterocycles. The van der Waals surface area contributed by atoms with Crippen LogP contribution >= 0.6 is 23.2 Å². The van der Waals surface area contributed by atoms with E-state index in [1.165, 1.54) is 36.4 Å². The van der Waals surface area contributed by atoms with Gasteiger partial charge in [0.05, 0.1) is 4.90 Å². The fourth-order valence-electron chi connectivity index (χ4n) is 3.47. The molecule has 166 valence electrons. The second kappa shape index (κ2) is 9.52. The summed E-state index contributed by atoms with van der Waals surface area (Å²) in [4.78, 5) is 24.3. The number of sulfonamides is 1. The molecule has 2 atom stereocenters. The van der Waals surface area contributed by atoms with Crippen molar-refractivity contribution >= 4 is 45.1 Å². The monoisotopic (exact) mass is 488 g/mol. The Morgan fingerprint density at radius 1 is 1.19 bits per heavy atom. The van der Waals surface area contributed by atoms with Crippen molar-refractivity contribution in [3.8, 4) is 0 Å². The van der Waals surface area contributed by atoms with Crippen molar-refractivity contribution < 1.29 is 27.5 Å². The number of carbonyl (C=O) groups is 2. The third-order valence-corrected chi connectivity index (χ3v) is 7.21. The Labute approximate surface area is 188 Å². The van der Waals surface area contributed by atoms with Crippen LogP contribution in [-0.2, 0) is 26.0 Å². The number of rotatable bonds is 7. The lowest BCUT2D eigenvalue weighted by Crippen LogP contribution is -2.51. The molecule has 1 amide bonds. The average molecular weight is 489 g/mol. The summed E-state index contributed by atoms with van der Waals surface area (Å²) in [5.74, 6) is -2.58. The predicted octanol–water partition coefficient (Wildman–Crippen LogP) is 3.10. The smallest absolute Gasteiger partial charge is 0.326 e. The van der Waals surface area contributed by atoms with E-state index in [0.29, 0.717) is 12.0 Å². The van der Waals surface area contributed by atoms with E-state index in [-0.39, 0.29) is 34.3 Å². The van der Waals surface area contributed by atoms with Gasteiger partial charge in [0.15, 0.2) is 0 Å². The van der Waals surface area contributed by atoms with Crippen LogP contribution in [0, 0.1) is 5.82 Å². The van der Waals surface area contributed by atoms with Gasteiger partial charge in [0.25, 0.3) is 0 Å². The molecule has 1 heterocycles. The van der Waals surface area contributed by atoms with Crippen molar-refractivity contribution in [2.75, 3.05) is 6.54 Å². The van der Waals surface area contributed by atoms with Crippen LogP contribution in [0.2, 0.25) is 10.0 Å². The molecule has 0 aromatic heterocycles. The number of aliphatic carboxylic acids is 1. The molecule has 2 aromatic rings. The van der Waals surface area contributed by atoms with E-state index < -0.39 is 39.8 Å². The zero-order chi connectivity index (χ0) is 22.8. The Balaban J connectivity index is 1.80. The molecule has 3 rings (SSSR count). The molecule has 31 heavy (non-hydrogen) atoms. The van der Waals surface area contributed by atoms with Gasteiger partial charge >= 0.3 is 5.97 Å². The van der Waals surface area contributed by atoms with E-state index in [1.54, 1.807) is 6.07 Å². The standard InChI is InChI=1S/C20H19Cl2FN2O5S/c21-13-9-14(22)11-16(10-13)31(29,30)25-6-2-5-18(25)19(26)24-17(20(27)28)8-12-3-1-4-15(23)7-12/h1,3-4,7,9-11,17-18H,2,5-6,8H2,(H,24,26)(H,27,28)/t17-,18-/m0/s1. The van der Waals surface area contributed by atoms with Gasteiger partial charge in [-0.05, 0) is 48.7 Å². The first-order valence-corrected chi connectivity index (χ1v) is 11.5. The summed E-state index contributed by atoms with van der Waals surface area (Å²) in [7, 11) is -4.09. The average Bonchev–Trinajstić information content (AvgIpc) is 3.17. The van der Waals surface area contributed by atoms with Crippen LogP contribution in [0.3, 0.4) is 0 Å². The van der Waals surface area contributed by atoms with Crippen LogP contribution in [0.4, 0.5) is 4.39 Å². The van der Waals surface area contributed by atoms with E-state index in [2.05, 4.69) is 5.32 Å². The Hall–Kier alpha value is -2.20. The number of benzene rings is 2. The number of hydrogen-bond donors (Lipinski definition) is 2. The molecule has 0 spiro atoms. The highest BCUT2D eigenvalue weighted by molar-refractivity contribution is 7.89. The van der Waals surface area contributed by atoms with Crippen molar-refractivity contribution in [3.63, 3.8) is 0 Å². The number of amides is 1. The maximum atomic E-state index is 13.4. The molecule has 0 unspecified atom stereocenters. The molecular formula is C20H19Cl2FN2O5S. The van der Waals surface area contributed by atoms with E-state index in [9.17, 15) is 27.5 Å². The molecular weight excluding hydrogens is 470 g/mol. The molecule has 1 fully saturated rings. The van der Waals surface area contributed by atoms with Gasteiger partial charge < -0.3 is 10.4 Å². The first-order chi connectivity index (χ1) is 14.6. The highest BCUT2D eigenvalue weighted by Crippen LogP contribution is 2.30. The third kappa shape index (κ3) is 5.54. The second-order valence-corrected chi connectivity index (χ2v) is 9.88. The first-order valence-electron chi connectivity index (χ1n) is 9.33. The zero-order valence-electron chi connectivity index (χ0n) is 16.1. The van der Waals surface area contributed by atoms with Gasteiger partial charge in [0.1, 0.15) is 17.9 Å². The lowest BCUT2D eigenvalue weighted by Gasteiger charge is -2.25. The molecule has 7 nitrogen and oxygen atoms in total. The number of carboxylic acid groups (broad SMARTS) is 1. The summed E-state index contributed by atoms with van der Waals surface area (Å²) < 4.78 is 40.6. The number of nitrogens with one attached hydrogen (secondary N) is 1. The SMILES string of the molecule is O=C(O)[C@H](Cc1cccc(F)c1)NC(=O)[C@@H]1CCCN1S(=O)(=O)c1cc(Cl)cc(Cl)c1. The zero-order valence-corrected chi connectivity index (χ0v) is 18.4. The van der Waals surface area contributed by atoms with Crippen LogP contribution in [-0.4, -0.2) is 48.3 Å². The summed E-state index contributed by atoms with van der Waals surface area (Å²) in [6, 6.07) is 6.81. The van der Waals surface area contributed by atoms with Crippen LogP contribution in [0.25, 0.3) is 0 Å². The lowest BCUT2D eigenvalue weighted by atomic mass is 10.1. The van der Waals surface area contributed by atoms with Gasteiger partial charge in [0.2, 0.25) is 15.9 Å². The summed E-state index contributed by atoms with van der Waals surface area (Å²) in [5.41, 5.74) is 0.386. The van der Waals surface area contributed by atoms with Crippen LogP contribution in [0.1, 0.15) is 18.4 Å². The number of carboxylic acids is 1. The topological polar surface area (TPSA) is 104 Å². The Morgan fingerprint density at radius 2 is 1.87 bits per heavy atom. The van der Waals surface area contributed by atoms with Crippen molar-refractivity contribution in [3.05, 3.63) is 63.9 Å². The quantitative estimate of drug-likeness (QED) is 0.622. The number of hydrogen-bond acceptors (Lipinski definition) is 4. The Morgan fingerprint density at radius 3 is 2.48 bits per heavy atom. The summed E-state index contributed by atoms with van der Waals surface area (Å²) in [5, 5.41) is 12.1. The maximum Gasteiger partial charge on any atom is 0.326 e. The minimum Gasteiger partial charge on any atom is -0.480 e. The van der Waals surface area contributed by atoms with Gasteiger partial charge in [0, 0.05) is 23.0 Å². The van der Waals surface area contributed by atoms with E-state index in [1.807, 2.05) is 0 Å². The number of halogens is 3. The number of carbonyl (C=O) groups excluding carboxylic acids is 1. The fraction of sp³-hybridized carbons (Fsp3) is 0.300. The highest BCUT2D eigenvalue weighted by atomic mass is 35.5. The van der Waals surface area contributed by atoms with Crippen LogP contribution < -0.4 is 5.32 Å². The molecule has 0 radical (unpaired) electrons. The summed E-state index contributed by atoms with van der Waals surface area (Å²) in [6.45, 7) is 0.0895. The minimum absolute atomic E-state index is 0.0895. The van der Waals surface area contributed by atoms with Gasteiger partial charge in [-0.1, -0.05) is 35.3 Å². The fourth-order valence-corrected chi connectivity index (χ4v) is 5.85. The Kier molecular flexibility index (Phi) is 7.20. The molecule has 11 heteroatoms. The van der Waals surface area contributed by atoms with Gasteiger partial charge in [-0.25, -0.2) is 17.6 Å². The predicted molar refractivity (Wildman–Crippen MR) is 113 cm³/mol. The van der Waals surface area contributed by atoms with Crippen molar-refractivity contribution in [1.29, 1.82) is 0 Å². The first kappa shape index (κ1) is 23.5. The van der Waals surface area contributed by atoms with Crippen LogP contribution in [0.5, 0.6) is 0 Å². The third-order valence-electron chi connectivity index (χ3n) is 4.89. The van der Waals surface area contributed by atoms with Crippen LogP contribution in [0.15, 0.2) is 47.4 Å². The Bertz CT molecular complexity index is 1090. The molecule has 2 aromatic carbocycles. The molecule has 1 aliphatic heterocycles. The summed E-state index contributed by atoms with van der Waals surface area (Å²) in [6.07, 6.45) is 0.501. The maximum absolute atomic E-state index is 13.4. The van der Waals surface area contributed by atoms with Crippen molar-refractivity contribution in [1.82, 2.24) is 9.62 Å². The normalized spacial score (nSPS) is 18.0. The summed E-state index contributed by atoms with van der Waals surface area (Å²) >= 11 is 11.8. The van der Waals surface area contributed by atoms with E-state index in [4.69, 9.17) is 23.2 Å². The number of nitrogens with zero attached hydrogens (tertiary/aromatic N) is 1. The molecule has 0 aliphatic carbocycles. The van der Waals surface area contributed by atoms with Gasteiger partial charge in [-0.15, -0.1) is 0 Å². The minimum atomic E-state index is -4.09. The highest BCUT2D eigenvalue weighted by Gasteiger charge is 2.40. The molecule has 1 aliphatic rings. The molecule has 2 N–H and O–H groups in total. The van der Waals surface area contributed by atoms with Crippen molar-refractivity contribution in [2.45, 2.75) is 36.2 Å². The van der Waals surface area contributed by atoms with Crippen molar-refractivity contribution in [2.24, 2.45) is 0 Å². The lowest BCUT2D eigenvalue weighted by molar-refractivity contribution is -0.142.